The highest BCUT2D eigenvalue weighted by Crippen LogP contribution is 2.34. The molecule has 1 amide bonds. The first kappa shape index (κ1) is 13.0. The van der Waals surface area contributed by atoms with Gasteiger partial charge < -0.3 is 16.4 Å². The molecule has 0 aliphatic carbocycles. The predicted molar refractivity (Wildman–Crippen MR) is 85.3 cm³/mol. The molecule has 0 spiro atoms. The van der Waals surface area contributed by atoms with Crippen LogP contribution in [0.3, 0.4) is 0 Å². The molecule has 0 bridgehead atoms. The Morgan fingerprint density at radius 2 is 2.05 bits per heavy atom. The summed E-state index contributed by atoms with van der Waals surface area (Å²) < 4.78 is 0.999. The zero-order valence-corrected chi connectivity index (χ0v) is 12.5. The van der Waals surface area contributed by atoms with Crippen LogP contribution in [0.25, 0.3) is 0 Å². The molecule has 0 atom stereocenters. The SMILES string of the molecule is Cc1ccc(Br)cc1Nc1cc2c(cc1N)CC(=O)N2. The Morgan fingerprint density at radius 3 is 2.85 bits per heavy atom. The van der Waals surface area contributed by atoms with Gasteiger partial charge in [0.05, 0.1) is 17.8 Å². The molecule has 1 aliphatic heterocycles. The minimum absolute atomic E-state index is 0.00943. The molecule has 1 aliphatic rings. The Balaban J connectivity index is 1.97. The number of aryl methyl sites for hydroxylation is 1. The van der Waals surface area contributed by atoms with E-state index in [0.29, 0.717) is 12.1 Å². The molecule has 5 heteroatoms. The van der Waals surface area contributed by atoms with E-state index in [1.54, 1.807) is 0 Å². The van der Waals surface area contributed by atoms with Crippen LogP contribution in [0.15, 0.2) is 34.8 Å². The van der Waals surface area contributed by atoms with Crippen LogP contribution < -0.4 is 16.4 Å². The number of nitrogens with one attached hydrogen (secondary N) is 2. The van der Waals surface area contributed by atoms with Gasteiger partial charge in [0.15, 0.2) is 0 Å². The van der Waals surface area contributed by atoms with E-state index >= 15 is 0 Å². The van der Waals surface area contributed by atoms with E-state index in [1.165, 1.54) is 0 Å². The van der Waals surface area contributed by atoms with Crippen molar-refractivity contribution in [2.24, 2.45) is 0 Å². The lowest BCUT2D eigenvalue weighted by molar-refractivity contribution is -0.115. The second kappa shape index (κ2) is 4.83. The maximum Gasteiger partial charge on any atom is 0.228 e. The lowest BCUT2D eigenvalue weighted by atomic mass is 10.1. The van der Waals surface area contributed by atoms with Crippen molar-refractivity contribution in [1.82, 2.24) is 0 Å². The number of amides is 1. The number of anilines is 4. The first-order valence-electron chi connectivity index (χ1n) is 6.28. The van der Waals surface area contributed by atoms with E-state index in [0.717, 1.165) is 32.7 Å². The number of hydrogen-bond acceptors (Lipinski definition) is 3. The van der Waals surface area contributed by atoms with E-state index in [9.17, 15) is 4.79 Å². The van der Waals surface area contributed by atoms with E-state index < -0.39 is 0 Å². The summed E-state index contributed by atoms with van der Waals surface area (Å²) >= 11 is 3.46. The average Bonchev–Trinajstić information content (AvgIpc) is 2.73. The van der Waals surface area contributed by atoms with Crippen molar-refractivity contribution in [3.8, 4) is 0 Å². The number of carbonyl (C=O) groups excluding carboxylic acids is 1. The van der Waals surface area contributed by atoms with Crippen LogP contribution in [-0.4, -0.2) is 5.91 Å². The fraction of sp³-hybridized carbons (Fsp3) is 0.133. The number of benzene rings is 2. The third-order valence-electron chi connectivity index (χ3n) is 3.37. The Kier molecular flexibility index (Phi) is 3.14. The van der Waals surface area contributed by atoms with Crippen LogP contribution in [0.1, 0.15) is 11.1 Å². The number of halogens is 1. The summed E-state index contributed by atoms with van der Waals surface area (Å²) in [6, 6.07) is 9.75. The molecular formula is C15H14BrN3O. The van der Waals surface area contributed by atoms with E-state index in [2.05, 4.69) is 26.6 Å². The predicted octanol–water partition coefficient (Wildman–Crippen LogP) is 3.58. The molecule has 0 saturated carbocycles. The number of nitrogens with two attached hydrogens (primary N) is 1. The Labute approximate surface area is 125 Å². The van der Waals surface area contributed by atoms with Crippen LogP contribution in [0.5, 0.6) is 0 Å². The van der Waals surface area contributed by atoms with Gasteiger partial charge in [-0.25, -0.2) is 0 Å². The maximum atomic E-state index is 11.4. The molecule has 2 aromatic carbocycles. The number of rotatable bonds is 2. The van der Waals surface area contributed by atoms with Crippen LogP contribution in [0, 0.1) is 6.92 Å². The first-order valence-corrected chi connectivity index (χ1v) is 7.07. The fourth-order valence-corrected chi connectivity index (χ4v) is 2.64. The molecule has 0 aromatic heterocycles. The van der Waals surface area contributed by atoms with Crippen molar-refractivity contribution in [3.05, 3.63) is 45.9 Å². The lowest BCUT2D eigenvalue weighted by Crippen LogP contribution is -2.03. The normalized spacial score (nSPS) is 13.0. The summed E-state index contributed by atoms with van der Waals surface area (Å²) in [7, 11) is 0. The summed E-state index contributed by atoms with van der Waals surface area (Å²) in [4.78, 5) is 11.4. The van der Waals surface area contributed by atoms with Crippen molar-refractivity contribution >= 4 is 44.6 Å². The highest BCUT2D eigenvalue weighted by atomic mass is 79.9. The highest BCUT2D eigenvalue weighted by molar-refractivity contribution is 9.10. The third kappa shape index (κ3) is 2.36. The minimum Gasteiger partial charge on any atom is -0.397 e. The molecule has 4 N–H and O–H groups in total. The third-order valence-corrected chi connectivity index (χ3v) is 3.86. The van der Waals surface area contributed by atoms with Gasteiger partial charge in [-0.1, -0.05) is 22.0 Å². The topological polar surface area (TPSA) is 67.1 Å². The molecule has 0 radical (unpaired) electrons. The molecule has 1 heterocycles. The zero-order valence-electron chi connectivity index (χ0n) is 11.0. The number of carbonyl (C=O) groups is 1. The largest absolute Gasteiger partial charge is 0.397 e. The van der Waals surface area contributed by atoms with Crippen LogP contribution >= 0.6 is 15.9 Å². The molecule has 0 saturated heterocycles. The highest BCUT2D eigenvalue weighted by Gasteiger charge is 2.19. The molecular weight excluding hydrogens is 318 g/mol. The van der Waals surface area contributed by atoms with Crippen molar-refractivity contribution in [1.29, 1.82) is 0 Å². The number of fused-ring (bicyclic) bond motifs is 1. The molecule has 0 fully saturated rings. The molecule has 20 heavy (non-hydrogen) atoms. The minimum atomic E-state index is 0.00943. The summed E-state index contributed by atoms with van der Waals surface area (Å²) in [5.74, 6) is 0.00943. The van der Waals surface area contributed by atoms with E-state index in [1.807, 2.05) is 37.3 Å². The second-order valence-corrected chi connectivity index (χ2v) is 5.82. The van der Waals surface area contributed by atoms with Gasteiger partial charge in [0, 0.05) is 15.8 Å². The quantitative estimate of drug-likeness (QED) is 0.737. The zero-order chi connectivity index (χ0) is 14.3. The average molecular weight is 332 g/mol. The van der Waals surface area contributed by atoms with Gasteiger partial charge >= 0.3 is 0 Å². The molecule has 0 unspecified atom stereocenters. The van der Waals surface area contributed by atoms with Gasteiger partial charge in [-0.2, -0.15) is 0 Å². The Morgan fingerprint density at radius 1 is 1.25 bits per heavy atom. The maximum absolute atomic E-state index is 11.4. The van der Waals surface area contributed by atoms with E-state index in [-0.39, 0.29) is 5.91 Å². The van der Waals surface area contributed by atoms with Gasteiger partial charge in [-0.3, -0.25) is 4.79 Å². The number of nitrogen functional groups attached to an aromatic ring is 1. The monoisotopic (exact) mass is 331 g/mol. The smallest absolute Gasteiger partial charge is 0.228 e. The first-order chi connectivity index (χ1) is 9.52. The van der Waals surface area contributed by atoms with Crippen LogP contribution in [0.2, 0.25) is 0 Å². The summed E-state index contributed by atoms with van der Waals surface area (Å²) in [5, 5.41) is 6.15. The Bertz CT molecular complexity index is 713. The van der Waals surface area contributed by atoms with Crippen molar-refractivity contribution in [2.45, 2.75) is 13.3 Å². The van der Waals surface area contributed by atoms with Crippen molar-refractivity contribution < 1.29 is 4.79 Å². The standard InChI is InChI=1S/C15H14BrN3O/c1-8-2-3-10(16)6-12(8)18-14-7-13-9(4-11(14)17)5-15(20)19-13/h2-4,6-7,18H,5,17H2,1H3,(H,19,20). The summed E-state index contributed by atoms with van der Waals surface area (Å²) in [6.07, 6.45) is 0.399. The molecule has 3 rings (SSSR count). The van der Waals surface area contributed by atoms with Gasteiger partial charge in [0.25, 0.3) is 0 Å². The van der Waals surface area contributed by atoms with Gasteiger partial charge in [-0.05, 0) is 42.3 Å². The van der Waals surface area contributed by atoms with Crippen molar-refractivity contribution in [3.63, 3.8) is 0 Å². The van der Waals surface area contributed by atoms with Gasteiger partial charge in [0.2, 0.25) is 5.91 Å². The van der Waals surface area contributed by atoms with E-state index in [4.69, 9.17) is 5.73 Å². The lowest BCUT2D eigenvalue weighted by Gasteiger charge is -2.13. The van der Waals surface area contributed by atoms with Crippen LogP contribution in [0.4, 0.5) is 22.7 Å². The Hall–Kier alpha value is -2.01. The molecule has 102 valence electrons. The molecule has 4 nitrogen and oxygen atoms in total. The second-order valence-electron chi connectivity index (χ2n) is 4.91. The van der Waals surface area contributed by atoms with Gasteiger partial charge in [0.1, 0.15) is 0 Å². The fourth-order valence-electron chi connectivity index (χ4n) is 2.28. The van der Waals surface area contributed by atoms with Crippen molar-refractivity contribution in [2.75, 3.05) is 16.4 Å². The summed E-state index contributed by atoms with van der Waals surface area (Å²) in [6.45, 7) is 2.03. The van der Waals surface area contributed by atoms with Crippen LogP contribution in [-0.2, 0) is 11.2 Å². The van der Waals surface area contributed by atoms with Gasteiger partial charge in [-0.15, -0.1) is 0 Å². The molecule has 2 aromatic rings. The summed E-state index contributed by atoms with van der Waals surface area (Å²) in [5.41, 5.74) is 11.4. The number of hydrogen-bond donors (Lipinski definition) is 3.